The highest BCUT2D eigenvalue weighted by Crippen LogP contribution is 2.31. The molecule has 1 N–H and O–H groups in total. The summed E-state index contributed by atoms with van der Waals surface area (Å²) in [6.45, 7) is 0.642. The minimum Gasteiger partial charge on any atom is -0.457 e. The van der Waals surface area contributed by atoms with Gasteiger partial charge in [0, 0.05) is 18.8 Å². The van der Waals surface area contributed by atoms with Gasteiger partial charge < -0.3 is 10.1 Å². The molecule has 0 aliphatic heterocycles. The summed E-state index contributed by atoms with van der Waals surface area (Å²) in [6.07, 6.45) is -1.21. The molecule has 0 bridgehead atoms. The molecule has 3 heterocycles. The minimum absolute atomic E-state index is 0.0813. The van der Waals surface area contributed by atoms with Gasteiger partial charge in [-0.15, -0.1) is 11.3 Å². The molecule has 1 aromatic carbocycles. The largest absolute Gasteiger partial charge is 0.457 e. The van der Waals surface area contributed by atoms with Crippen LogP contribution in [0.3, 0.4) is 0 Å². The minimum atomic E-state index is -4.51. The van der Waals surface area contributed by atoms with Crippen molar-refractivity contribution in [2.24, 2.45) is 0 Å². The van der Waals surface area contributed by atoms with E-state index in [1.807, 2.05) is 12.1 Å². The first-order chi connectivity index (χ1) is 14.0. The van der Waals surface area contributed by atoms with Crippen molar-refractivity contribution in [1.29, 1.82) is 0 Å². The van der Waals surface area contributed by atoms with Gasteiger partial charge in [-0.2, -0.15) is 13.2 Å². The number of thiazole rings is 1. The topological polar surface area (TPSA) is 72.8 Å². The molecule has 29 heavy (non-hydrogen) atoms. The molecule has 4 rings (SSSR count). The van der Waals surface area contributed by atoms with Gasteiger partial charge in [-0.05, 0) is 30.2 Å². The smallest absolute Gasteiger partial charge is 0.433 e. The number of benzene rings is 1. The zero-order chi connectivity index (χ0) is 20.3. The van der Waals surface area contributed by atoms with Crippen molar-refractivity contribution in [2.75, 3.05) is 11.9 Å². The predicted octanol–water partition coefficient (Wildman–Crippen LogP) is 4.95. The van der Waals surface area contributed by atoms with Gasteiger partial charge in [0.2, 0.25) is 0 Å². The summed E-state index contributed by atoms with van der Waals surface area (Å²) in [6, 6.07) is 9.41. The Labute approximate surface area is 167 Å². The van der Waals surface area contributed by atoms with E-state index in [4.69, 9.17) is 4.74 Å². The van der Waals surface area contributed by atoms with E-state index in [0.29, 0.717) is 18.1 Å². The van der Waals surface area contributed by atoms with Crippen LogP contribution in [0.5, 0.6) is 11.5 Å². The molecule has 0 atom stereocenters. The fraction of sp³-hybridized carbons (Fsp3) is 0.158. The number of fused-ring (bicyclic) bond motifs is 1. The number of halogens is 3. The van der Waals surface area contributed by atoms with E-state index >= 15 is 0 Å². The lowest BCUT2D eigenvalue weighted by atomic mass is 10.1. The van der Waals surface area contributed by atoms with Crippen molar-refractivity contribution in [1.82, 2.24) is 19.9 Å². The van der Waals surface area contributed by atoms with Crippen molar-refractivity contribution in [3.63, 3.8) is 0 Å². The van der Waals surface area contributed by atoms with Crippen LogP contribution in [0.1, 0.15) is 11.3 Å². The van der Waals surface area contributed by atoms with Crippen LogP contribution in [0.2, 0.25) is 0 Å². The van der Waals surface area contributed by atoms with Gasteiger partial charge in [-0.1, -0.05) is 12.1 Å². The molecule has 0 unspecified atom stereocenters. The predicted molar refractivity (Wildman–Crippen MR) is 103 cm³/mol. The van der Waals surface area contributed by atoms with E-state index in [-0.39, 0.29) is 5.75 Å². The number of ether oxygens (including phenoxy) is 1. The number of anilines is 1. The van der Waals surface area contributed by atoms with Gasteiger partial charge in [0.25, 0.3) is 0 Å². The first-order valence-electron chi connectivity index (χ1n) is 8.57. The van der Waals surface area contributed by atoms with Crippen LogP contribution in [0, 0.1) is 0 Å². The summed E-state index contributed by atoms with van der Waals surface area (Å²) in [5.74, 6) is 1.22. The Morgan fingerprint density at radius 2 is 1.79 bits per heavy atom. The number of rotatable bonds is 6. The van der Waals surface area contributed by atoms with Crippen LogP contribution in [0.4, 0.5) is 19.0 Å². The number of hydrogen-bond donors (Lipinski definition) is 1. The number of nitrogens with one attached hydrogen (secondary N) is 1. The Morgan fingerprint density at radius 1 is 0.966 bits per heavy atom. The van der Waals surface area contributed by atoms with Gasteiger partial charge in [0.05, 0.1) is 5.51 Å². The number of aromatic nitrogens is 4. The Balaban J connectivity index is 1.35. The summed E-state index contributed by atoms with van der Waals surface area (Å²) < 4.78 is 43.7. The Kier molecular flexibility index (Phi) is 5.26. The van der Waals surface area contributed by atoms with E-state index in [9.17, 15) is 13.2 Å². The quantitative estimate of drug-likeness (QED) is 0.479. The van der Waals surface area contributed by atoms with Crippen molar-refractivity contribution >= 4 is 27.5 Å². The SMILES string of the molecule is FC(F)(F)c1cc(Oc2ccc(CCNc3ncnc4scnc34)cc2)ccn1. The molecule has 148 valence electrons. The monoisotopic (exact) mass is 417 g/mol. The normalized spacial score (nSPS) is 11.6. The van der Waals surface area contributed by atoms with Gasteiger partial charge >= 0.3 is 6.18 Å². The summed E-state index contributed by atoms with van der Waals surface area (Å²) in [5.41, 5.74) is 2.52. The van der Waals surface area contributed by atoms with E-state index < -0.39 is 11.9 Å². The zero-order valence-electron chi connectivity index (χ0n) is 14.8. The Hall–Kier alpha value is -3.27. The number of nitrogens with zero attached hydrogens (tertiary/aromatic N) is 4. The molecule has 0 saturated heterocycles. The molecule has 0 saturated carbocycles. The molecule has 0 spiro atoms. The van der Waals surface area contributed by atoms with Gasteiger partial charge in [0.1, 0.15) is 33.9 Å². The van der Waals surface area contributed by atoms with Crippen LogP contribution in [0.25, 0.3) is 10.3 Å². The first kappa shape index (κ1) is 19.1. The zero-order valence-corrected chi connectivity index (χ0v) is 15.7. The molecule has 0 aliphatic carbocycles. The number of hydrogen-bond acceptors (Lipinski definition) is 7. The van der Waals surface area contributed by atoms with Crippen molar-refractivity contribution in [2.45, 2.75) is 12.6 Å². The van der Waals surface area contributed by atoms with E-state index in [2.05, 4.69) is 25.3 Å². The lowest BCUT2D eigenvalue weighted by Gasteiger charge is -2.10. The molecule has 0 radical (unpaired) electrons. The highest BCUT2D eigenvalue weighted by atomic mass is 32.1. The fourth-order valence-corrected chi connectivity index (χ4v) is 3.27. The molecular weight excluding hydrogens is 403 g/mol. The maximum Gasteiger partial charge on any atom is 0.433 e. The Bertz CT molecular complexity index is 1110. The van der Waals surface area contributed by atoms with Crippen LogP contribution in [-0.2, 0) is 12.6 Å². The maximum absolute atomic E-state index is 12.7. The standard InChI is InChI=1S/C19H14F3N5OS/c20-19(21,22)15-9-14(6-8-23-15)28-13-3-1-12(2-4-13)5-7-24-17-16-18(26-10-25-17)29-11-27-16/h1-4,6,8-11H,5,7H2,(H,24,25,26). The lowest BCUT2D eigenvalue weighted by molar-refractivity contribution is -0.141. The van der Waals surface area contributed by atoms with Crippen molar-refractivity contribution in [3.8, 4) is 11.5 Å². The highest BCUT2D eigenvalue weighted by Gasteiger charge is 2.32. The van der Waals surface area contributed by atoms with E-state index in [0.717, 1.165) is 34.6 Å². The summed E-state index contributed by atoms with van der Waals surface area (Å²) in [4.78, 5) is 16.8. The Morgan fingerprint density at radius 3 is 2.59 bits per heavy atom. The molecule has 4 aromatic rings. The second kappa shape index (κ2) is 8.00. The van der Waals surface area contributed by atoms with Crippen molar-refractivity contribution in [3.05, 3.63) is 65.7 Å². The third-order valence-electron chi connectivity index (χ3n) is 4.02. The second-order valence-corrected chi connectivity index (χ2v) is 6.86. The molecule has 3 aromatic heterocycles. The maximum atomic E-state index is 12.7. The summed E-state index contributed by atoms with van der Waals surface area (Å²) in [5, 5.41) is 3.25. The molecular formula is C19H14F3N5OS. The van der Waals surface area contributed by atoms with Crippen LogP contribution >= 0.6 is 11.3 Å². The van der Waals surface area contributed by atoms with Crippen LogP contribution in [-0.4, -0.2) is 26.5 Å². The van der Waals surface area contributed by atoms with Gasteiger partial charge in [-0.3, -0.25) is 4.98 Å². The number of alkyl halides is 3. The van der Waals surface area contributed by atoms with Crippen LogP contribution in [0.15, 0.2) is 54.4 Å². The molecule has 0 fully saturated rings. The molecule has 10 heteroatoms. The lowest BCUT2D eigenvalue weighted by Crippen LogP contribution is -2.07. The van der Waals surface area contributed by atoms with Crippen molar-refractivity contribution < 1.29 is 17.9 Å². The van der Waals surface area contributed by atoms with Gasteiger partial charge in [-0.25, -0.2) is 15.0 Å². The fourth-order valence-electron chi connectivity index (χ4n) is 2.64. The average Bonchev–Trinajstić information content (AvgIpc) is 3.19. The third kappa shape index (κ3) is 4.60. The molecule has 0 amide bonds. The highest BCUT2D eigenvalue weighted by molar-refractivity contribution is 7.16. The first-order valence-corrected chi connectivity index (χ1v) is 9.45. The third-order valence-corrected chi connectivity index (χ3v) is 4.75. The summed E-state index contributed by atoms with van der Waals surface area (Å²) in [7, 11) is 0. The second-order valence-electron chi connectivity index (χ2n) is 6.03. The molecule has 0 aliphatic rings. The summed E-state index contributed by atoms with van der Waals surface area (Å²) >= 11 is 1.45. The number of pyridine rings is 1. The van der Waals surface area contributed by atoms with Gasteiger partial charge in [0.15, 0.2) is 5.82 Å². The van der Waals surface area contributed by atoms with E-state index in [1.54, 1.807) is 17.6 Å². The van der Waals surface area contributed by atoms with Crippen LogP contribution < -0.4 is 10.1 Å². The molecule has 6 nitrogen and oxygen atoms in total. The van der Waals surface area contributed by atoms with E-state index in [1.165, 1.54) is 23.7 Å². The average molecular weight is 417 g/mol.